The summed E-state index contributed by atoms with van der Waals surface area (Å²) in [6, 6.07) is 0. The summed E-state index contributed by atoms with van der Waals surface area (Å²) in [5.74, 6) is 0.401. The van der Waals surface area contributed by atoms with Gasteiger partial charge in [-0.25, -0.2) is 0 Å². The first-order valence-corrected chi connectivity index (χ1v) is 9.12. The van der Waals surface area contributed by atoms with Crippen LogP contribution in [0.25, 0.3) is 0 Å². The van der Waals surface area contributed by atoms with E-state index in [1.807, 2.05) is 0 Å². The smallest absolute Gasteiger partial charge is 1.00 e. The molecule has 1 amide bonds. The summed E-state index contributed by atoms with van der Waals surface area (Å²) in [6.07, 6.45) is 18.0. The molecule has 0 radical (unpaired) electrons. The number of carbonyl (C=O) groups is 1. The Bertz CT molecular complexity index is 251. The summed E-state index contributed by atoms with van der Waals surface area (Å²) in [5, 5.41) is 0. The Kier molecular flexibility index (Phi) is 15.7. The molecule has 0 atom stereocenters. The minimum absolute atomic E-state index is 0. The van der Waals surface area contributed by atoms with Crippen LogP contribution in [0.2, 0.25) is 0 Å². The maximum absolute atomic E-state index is 11.8. The molecule has 120 valence electrons. The maximum Gasteiger partial charge on any atom is 1.00 e. The minimum Gasteiger partial charge on any atom is -1.00 e. The van der Waals surface area contributed by atoms with Crippen molar-refractivity contribution in [1.82, 2.24) is 4.90 Å². The molecule has 1 fully saturated rings. The van der Waals surface area contributed by atoms with Gasteiger partial charge in [-0.15, -0.1) is 0 Å². The van der Waals surface area contributed by atoms with Gasteiger partial charge in [0.15, 0.2) is 0 Å². The molecule has 0 aromatic carbocycles. The van der Waals surface area contributed by atoms with Crippen molar-refractivity contribution in [3.05, 3.63) is 0 Å². The largest absolute Gasteiger partial charge is 1.00 e. The molecule has 0 aromatic heterocycles. The molecule has 1 aliphatic rings. The molecule has 0 N–H and O–H groups in total. The summed E-state index contributed by atoms with van der Waals surface area (Å²) in [7, 11) is 0. The van der Waals surface area contributed by atoms with Crippen molar-refractivity contribution in [2.24, 2.45) is 0 Å². The Morgan fingerprint density at radius 1 is 0.857 bits per heavy atom. The molecule has 1 rings (SSSR count). The van der Waals surface area contributed by atoms with Crippen LogP contribution in [0.1, 0.15) is 98.2 Å². The second kappa shape index (κ2) is 15.4. The molecule has 0 unspecified atom stereocenters. The number of hydrogen-bond acceptors (Lipinski definition) is 1. The van der Waals surface area contributed by atoms with Crippen LogP contribution in [0.5, 0.6) is 0 Å². The summed E-state index contributed by atoms with van der Waals surface area (Å²) in [4.78, 5) is 13.9. The van der Waals surface area contributed by atoms with E-state index in [0.717, 1.165) is 25.9 Å². The van der Waals surface area contributed by atoms with Crippen molar-refractivity contribution in [1.29, 1.82) is 0 Å². The Morgan fingerprint density at radius 3 is 2.05 bits per heavy atom. The molecule has 1 aliphatic heterocycles. The number of carbonyl (C=O) groups excluding carboxylic acids is 1. The van der Waals surface area contributed by atoms with Crippen LogP contribution in [0.3, 0.4) is 0 Å². The second-order valence-corrected chi connectivity index (χ2v) is 6.37. The number of rotatable bonds is 11. The van der Waals surface area contributed by atoms with Crippen LogP contribution in [-0.4, -0.2) is 23.9 Å². The summed E-state index contributed by atoms with van der Waals surface area (Å²) < 4.78 is 0. The molecule has 1 saturated heterocycles. The van der Waals surface area contributed by atoms with Gasteiger partial charge >= 0.3 is 29.6 Å². The fourth-order valence-electron chi connectivity index (χ4n) is 3.07. The summed E-state index contributed by atoms with van der Waals surface area (Å²) in [6.45, 7) is 4.29. The topological polar surface area (TPSA) is 20.3 Å². The quantitative estimate of drug-likeness (QED) is 0.424. The number of likely N-dealkylation sites (tertiary alicyclic amines) is 1. The fraction of sp³-hybridized carbons (Fsp3) is 0.944. The Labute approximate surface area is 156 Å². The zero-order valence-corrected chi connectivity index (χ0v) is 16.7. The molecule has 0 saturated carbocycles. The molecule has 2 nitrogen and oxygen atoms in total. The van der Waals surface area contributed by atoms with Crippen LogP contribution in [-0.2, 0) is 4.79 Å². The monoisotopic (exact) mass is 305 g/mol. The van der Waals surface area contributed by atoms with Gasteiger partial charge in [0.1, 0.15) is 0 Å². The SMILES string of the molecule is CCCCCCCCCCCCN1CCCCCC1=O.[H-].[Na+]. The fourth-order valence-corrected chi connectivity index (χ4v) is 3.07. The molecule has 0 spiro atoms. The van der Waals surface area contributed by atoms with Crippen LogP contribution in [0.4, 0.5) is 0 Å². The number of unbranched alkanes of at least 4 members (excludes halogenated alkanes) is 9. The molecular formula is C18H36NNaO. The van der Waals surface area contributed by atoms with Gasteiger partial charge in [-0.3, -0.25) is 4.79 Å². The van der Waals surface area contributed by atoms with E-state index in [0.29, 0.717) is 5.91 Å². The van der Waals surface area contributed by atoms with Crippen LogP contribution in [0, 0.1) is 0 Å². The molecule has 1 heterocycles. The molecule has 0 bridgehead atoms. The third kappa shape index (κ3) is 11.7. The Morgan fingerprint density at radius 2 is 1.43 bits per heavy atom. The van der Waals surface area contributed by atoms with Gasteiger partial charge in [0.2, 0.25) is 5.91 Å². The van der Waals surface area contributed by atoms with E-state index in [2.05, 4.69) is 11.8 Å². The average molecular weight is 305 g/mol. The predicted molar refractivity (Wildman–Crippen MR) is 88.0 cm³/mol. The first-order valence-electron chi connectivity index (χ1n) is 9.12. The Balaban J connectivity index is 0. The first kappa shape index (κ1) is 21.5. The molecule has 21 heavy (non-hydrogen) atoms. The second-order valence-electron chi connectivity index (χ2n) is 6.37. The van der Waals surface area contributed by atoms with Gasteiger partial charge in [0, 0.05) is 19.5 Å². The van der Waals surface area contributed by atoms with Crippen LogP contribution in [0.15, 0.2) is 0 Å². The molecular weight excluding hydrogens is 269 g/mol. The van der Waals surface area contributed by atoms with Crippen LogP contribution < -0.4 is 29.6 Å². The Hall–Kier alpha value is 0.470. The van der Waals surface area contributed by atoms with Crippen molar-refractivity contribution >= 4 is 5.91 Å². The third-order valence-corrected chi connectivity index (χ3v) is 4.45. The standard InChI is InChI=1S/C18H35NO.Na.H/c1-2-3-4-5-6-7-8-9-10-13-16-19-17-14-11-12-15-18(19)20;;/h2-17H2,1H3;;/q;+1;-1. The summed E-state index contributed by atoms with van der Waals surface area (Å²) in [5.41, 5.74) is 0. The molecule has 0 aromatic rings. The van der Waals surface area contributed by atoms with Gasteiger partial charge in [0.05, 0.1) is 0 Å². The van der Waals surface area contributed by atoms with Gasteiger partial charge in [-0.2, -0.15) is 0 Å². The molecule has 0 aliphatic carbocycles. The maximum atomic E-state index is 11.8. The zero-order chi connectivity index (χ0) is 14.5. The van der Waals surface area contributed by atoms with E-state index in [1.54, 1.807) is 0 Å². The zero-order valence-electron chi connectivity index (χ0n) is 15.7. The van der Waals surface area contributed by atoms with Gasteiger partial charge in [-0.1, -0.05) is 71.1 Å². The van der Waals surface area contributed by atoms with Crippen molar-refractivity contribution in [2.75, 3.05) is 13.1 Å². The first-order chi connectivity index (χ1) is 9.84. The van der Waals surface area contributed by atoms with E-state index in [1.165, 1.54) is 77.0 Å². The van der Waals surface area contributed by atoms with Crippen molar-refractivity contribution in [3.8, 4) is 0 Å². The number of hydrogen-bond donors (Lipinski definition) is 0. The van der Waals surface area contributed by atoms with E-state index in [4.69, 9.17) is 0 Å². The third-order valence-electron chi connectivity index (χ3n) is 4.45. The minimum atomic E-state index is 0. The number of amides is 1. The predicted octanol–water partition coefficient (Wildman–Crippen LogP) is 2.43. The van der Waals surface area contributed by atoms with Crippen molar-refractivity contribution in [3.63, 3.8) is 0 Å². The molecule has 3 heteroatoms. The van der Waals surface area contributed by atoms with Gasteiger partial charge in [-0.05, 0) is 19.3 Å². The van der Waals surface area contributed by atoms with Crippen molar-refractivity contribution in [2.45, 2.75) is 96.8 Å². The van der Waals surface area contributed by atoms with E-state index in [-0.39, 0.29) is 31.0 Å². The van der Waals surface area contributed by atoms with Crippen LogP contribution >= 0.6 is 0 Å². The normalized spacial score (nSPS) is 15.7. The summed E-state index contributed by atoms with van der Waals surface area (Å²) >= 11 is 0. The average Bonchev–Trinajstić information content (AvgIpc) is 2.66. The van der Waals surface area contributed by atoms with Gasteiger partial charge < -0.3 is 6.33 Å². The van der Waals surface area contributed by atoms with Gasteiger partial charge in [0.25, 0.3) is 0 Å². The van der Waals surface area contributed by atoms with E-state index in [9.17, 15) is 4.79 Å². The van der Waals surface area contributed by atoms with E-state index < -0.39 is 0 Å². The van der Waals surface area contributed by atoms with E-state index >= 15 is 0 Å². The number of nitrogens with zero attached hydrogens (tertiary/aromatic N) is 1. The van der Waals surface area contributed by atoms with Crippen molar-refractivity contribution < 1.29 is 35.8 Å².